The van der Waals surface area contributed by atoms with Gasteiger partial charge in [0.15, 0.2) is 6.10 Å². The lowest BCUT2D eigenvalue weighted by Crippen LogP contribution is -2.30. The molecule has 0 aliphatic heterocycles. The van der Waals surface area contributed by atoms with Crippen molar-refractivity contribution in [3.05, 3.63) is 53.6 Å². The number of benzene rings is 2. The lowest BCUT2D eigenvalue weighted by Gasteiger charge is -2.22. The lowest BCUT2D eigenvalue weighted by atomic mass is 9.91. The molecule has 4 heteroatoms. The summed E-state index contributed by atoms with van der Waals surface area (Å²) in [6.07, 6.45) is 3.93. The molecule has 0 heterocycles. The third kappa shape index (κ3) is 4.13. The van der Waals surface area contributed by atoms with Crippen molar-refractivity contribution in [3.8, 4) is 11.5 Å². The van der Waals surface area contributed by atoms with E-state index in [0.717, 1.165) is 18.6 Å². The molecule has 2 aromatic rings. The largest absolute Gasteiger partial charge is 0.492 e. The minimum Gasteiger partial charge on any atom is -0.492 e. The molecule has 1 amide bonds. The summed E-state index contributed by atoms with van der Waals surface area (Å²) in [7, 11) is 0. The highest BCUT2D eigenvalue weighted by atomic mass is 16.5. The smallest absolute Gasteiger partial charge is 0.265 e. The zero-order chi connectivity index (χ0) is 17.6. The zero-order valence-corrected chi connectivity index (χ0v) is 14.9. The van der Waals surface area contributed by atoms with Gasteiger partial charge in [-0.15, -0.1) is 0 Å². The summed E-state index contributed by atoms with van der Waals surface area (Å²) < 4.78 is 11.5. The molecule has 0 bridgehead atoms. The highest BCUT2D eigenvalue weighted by molar-refractivity contribution is 5.95. The van der Waals surface area contributed by atoms with Crippen molar-refractivity contribution in [3.63, 3.8) is 0 Å². The molecule has 0 radical (unpaired) electrons. The predicted octanol–water partition coefficient (Wildman–Crippen LogP) is 4.37. The second kappa shape index (κ2) is 8.06. The number of aryl methyl sites for hydroxylation is 1. The van der Waals surface area contributed by atoms with Gasteiger partial charge in [0.2, 0.25) is 0 Å². The molecule has 0 saturated heterocycles. The molecule has 4 nitrogen and oxygen atoms in total. The van der Waals surface area contributed by atoms with Gasteiger partial charge >= 0.3 is 0 Å². The normalized spacial score (nSPS) is 14.3. The zero-order valence-electron chi connectivity index (χ0n) is 14.9. The standard InChI is InChI=1S/C21H25NO3/c1-3-24-20-13-7-6-12-18(20)22-21(23)15(2)25-19-14-8-10-16-9-4-5-11-17(16)19/h6-8,10,12-15H,3-5,9,11H2,1-2H3,(H,22,23). The Labute approximate surface area is 149 Å². The van der Waals surface area contributed by atoms with Gasteiger partial charge < -0.3 is 14.8 Å². The van der Waals surface area contributed by atoms with Crippen LogP contribution in [0.4, 0.5) is 5.69 Å². The van der Waals surface area contributed by atoms with E-state index in [1.165, 1.54) is 24.0 Å². The van der Waals surface area contributed by atoms with Crippen LogP contribution in [0.3, 0.4) is 0 Å². The number of carbonyl (C=O) groups excluding carboxylic acids is 1. The molecule has 132 valence electrons. The van der Waals surface area contributed by atoms with Crippen LogP contribution in [-0.4, -0.2) is 18.6 Å². The Bertz CT molecular complexity index is 742. The van der Waals surface area contributed by atoms with E-state index >= 15 is 0 Å². The van der Waals surface area contributed by atoms with Gasteiger partial charge in [0.1, 0.15) is 11.5 Å². The summed E-state index contributed by atoms with van der Waals surface area (Å²) in [4.78, 5) is 12.5. The van der Waals surface area contributed by atoms with Gasteiger partial charge in [0, 0.05) is 0 Å². The Morgan fingerprint density at radius 2 is 1.84 bits per heavy atom. The minimum atomic E-state index is -0.580. The van der Waals surface area contributed by atoms with Crippen LogP contribution in [-0.2, 0) is 17.6 Å². The van der Waals surface area contributed by atoms with Gasteiger partial charge in [0.05, 0.1) is 12.3 Å². The van der Waals surface area contributed by atoms with Gasteiger partial charge in [-0.3, -0.25) is 4.79 Å². The van der Waals surface area contributed by atoms with E-state index < -0.39 is 6.10 Å². The maximum atomic E-state index is 12.5. The third-order valence-corrected chi connectivity index (χ3v) is 4.47. The third-order valence-electron chi connectivity index (χ3n) is 4.47. The summed E-state index contributed by atoms with van der Waals surface area (Å²) in [5, 5.41) is 2.91. The Hall–Kier alpha value is -2.49. The van der Waals surface area contributed by atoms with Crippen molar-refractivity contribution >= 4 is 11.6 Å². The average molecular weight is 339 g/mol. The maximum absolute atomic E-state index is 12.5. The molecule has 1 unspecified atom stereocenters. The molecule has 1 atom stereocenters. The molecular formula is C21H25NO3. The molecule has 2 aromatic carbocycles. The first-order chi connectivity index (χ1) is 12.2. The summed E-state index contributed by atoms with van der Waals surface area (Å²) >= 11 is 0. The maximum Gasteiger partial charge on any atom is 0.265 e. The number of hydrogen-bond donors (Lipinski definition) is 1. The second-order valence-corrected chi connectivity index (χ2v) is 6.28. The number of amides is 1. The first kappa shape index (κ1) is 17.3. The van der Waals surface area contributed by atoms with Gasteiger partial charge in [-0.05, 0) is 68.9 Å². The predicted molar refractivity (Wildman–Crippen MR) is 99.4 cm³/mol. The highest BCUT2D eigenvalue weighted by Gasteiger charge is 2.20. The lowest BCUT2D eigenvalue weighted by molar-refractivity contribution is -0.122. The number of nitrogens with one attached hydrogen (secondary N) is 1. The van der Waals surface area contributed by atoms with Crippen LogP contribution in [0, 0.1) is 0 Å². The van der Waals surface area contributed by atoms with Crippen LogP contribution in [0.15, 0.2) is 42.5 Å². The topological polar surface area (TPSA) is 47.6 Å². The van der Waals surface area contributed by atoms with E-state index in [2.05, 4.69) is 11.4 Å². The Morgan fingerprint density at radius 3 is 2.68 bits per heavy atom. The Morgan fingerprint density at radius 1 is 1.08 bits per heavy atom. The van der Waals surface area contributed by atoms with Crippen molar-refractivity contribution in [1.82, 2.24) is 0 Å². The number of ether oxygens (including phenoxy) is 2. The average Bonchev–Trinajstić information content (AvgIpc) is 2.64. The monoisotopic (exact) mass is 339 g/mol. The summed E-state index contributed by atoms with van der Waals surface area (Å²) in [6.45, 7) is 4.25. The van der Waals surface area contributed by atoms with Crippen LogP contribution in [0.1, 0.15) is 37.8 Å². The first-order valence-electron chi connectivity index (χ1n) is 8.99. The first-order valence-corrected chi connectivity index (χ1v) is 8.99. The number of para-hydroxylation sites is 2. The highest BCUT2D eigenvalue weighted by Crippen LogP contribution is 2.30. The van der Waals surface area contributed by atoms with Gasteiger partial charge in [-0.2, -0.15) is 0 Å². The van der Waals surface area contributed by atoms with E-state index in [4.69, 9.17) is 9.47 Å². The van der Waals surface area contributed by atoms with Gasteiger partial charge in [0.25, 0.3) is 5.91 Å². The fourth-order valence-corrected chi connectivity index (χ4v) is 3.19. The van der Waals surface area contributed by atoms with Crippen LogP contribution in [0.25, 0.3) is 0 Å². The van der Waals surface area contributed by atoms with Crippen molar-refractivity contribution in [2.75, 3.05) is 11.9 Å². The Balaban J connectivity index is 1.70. The fraction of sp³-hybridized carbons (Fsp3) is 0.381. The molecular weight excluding hydrogens is 314 g/mol. The molecule has 0 fully saturated rings. The van der Waals surface area contributed by atoms with Crippen molar-refractivity contribution in [2.45, 2.75) is 45.6 Å². The van der Waals surface area contributed by atoms with E-state index in [1.54, 1.807) is 6.92 Å². The van der Waals surface area contributed by atoms with E-state index in [-0.39, 0.29) is 5.91 Å². The van der Waals surface area contributed by atoms with E-state index in [0.29, 0.717) is 18.0 Å². The van der Waals surface area contributed by atoms with Crippen LogP contribution >= 0.6 is 0 Å². The summed E-state index contributed by atoms with van der Waals surface area (Å²) in [5.41, 5.74) is 3.26. The molecule has 0 spiro atoms. The number of rotatable bonds is 6. The van der Waals surface area contributed by atoms with E-state index in [9.17, 15) is 4.79 Å². The molecule has 1 aliphatic carbocycles. The van der Waals surface area contributed by atoms with Gasteiger partial charge in [-0.25, -0.2) is 0 Å². The SMILES string of the molecule is CCOc1ccccc1NC(=O)C(C)Oc1cccc2c1CCCC2. The Kier molecular flexibility index (Phi) is 5.59. The molecule has 1 aliphatic rings. The fourth-order valence-electron chi connectivity index (χ4n) is 3.19. The van der Waals surface area contributed by atoms with Crippen LogP contribution < -0.4 is 14.8 Å². The quantitative estimate of drug-likeness (QED) is 0.850. The van der Waals surface area contributed by atoms with Crippen molar-refractivity contribution in [1.29, 1.82) is 0 Å². The second-order valence-electron chi connectivity index (χ2n) is 6.28. The summed E-state index contributed by atoms with van der Waals surface area (Å²) in [5.74, 6) is 1.32. The van der Waals surface area contributed by atoms with Crippen LogP contribution in [0.5, 0.6) is 11.5 Å². The molecule has 0 aromatic heterocycles. The van der Waals surface area contributed by atoms with Crippen molar-refractivity contribution < 1.29 is 14.3 Å². The molecule has 25 heavy (non-hydrogen) atoms. The molecule has 0 saturated carbocycles. The number of anilines is 1. The van der Waals surface area contributed by atoms with Crippen LogP contribution in [0.2, 0.25) is 0 Å². The van der Waals surface area contributed by atoms with Gasteiger partial charge in [-0.1, -0.05) is 24.3 Å². The summed E-state index contributed by atoms with van der Waals surface area (Å²) in [6, 6.07) is 13.6. The molecule has 1 N–H and O–H groups in total. The molecule has 3 rings (SSSR count). The van der Waals surface area contributed by atoms with E-state index in [1.807, 2.05) is 43.3 Å². The number of hydrogen-bond acceptors (Lipinski definition) is 3. The minimum absolute atomic E-state index is 0.180. The number of carbonyl (C=O) groups is 1. The van der Waals surface area contributed by atoms with Crippen molar-refractivity contribution in [2.24, 2.45) is 0 Å². The number of fused-ring (bicyclic) bond motifs is 1.